The van der Waals surface area contributed by atoms with Crippen LogP contribution < -0.4 is 0 Å². The molecule has 4 heavy (non-hydrogen) atoms. The van der Waals surface area contributed by atoms with Crippen molar-refractivity contribution in [2.24, 2.45) is 0 Å². The van der Waals surface area contributed by atoms with E-state index in [0.717, 1.165) is 5.67 Å². The predicted molar refractivity (Wildman–Crippen MR) is 22.2 cm³/mol. The van der Waals surface area contributed by atoms with Crippen LogP contribution in [0.5, 0.6) is 0 Å². The van der Waals surface area contributed by atoms with Crippen molar-refractivity contribution in [3.63, 3.8) is 0 Å². The van der Waals surface area contributed by atoms with E-state index in [-0.39, 0.29) is 0 Å². The minimum Gasteiger partial charge on any atom is -0.172 e. The number of hydrogen-bond acceptors (Lipinski definition) is 0. The topological polar surface area (TPSA) is 0 Å². The first-order chi connectivity index (χ1) is 1.91. The zero-order valence-corrected chi connectivity index (χ0v) is 4.84. The summed E-state index contributed by atoms with van der Waals surface area (Å²) in [6, 6.07) is 0. The summed E-state index contributed by atoms with van der Waals surface area (Å²) in [5, 5.41) is 0. The van der Waals surface area contributed by atoms with Crippen LogP contribution in [0.4, 0.5) is 0 Å². The van der Waals surface area contributed by atoms with Gasteiger partial charge in [0.25, 0.3) is 0 Å². The molecule has 0 fully saturated rings. The fourth-order valence-electron chi connectivity index (χ4n) is 0. The molecule has 0 bridgehead atoms. The molecule has 21 valence electrons. The highest BCUT2D eigenvalue weighted by Gasteiger charge is 1.64. The lowest BCUT2D eigenvalue weighted by Crippen LogP contribution is -1.68. The van der Waals surface area contributed by atoms with Crippen LogP contribution in [-0.4, -0.2) is 19.1 Å². The fraction of sp³-hybridized carbons (Fsp3) is 1.00. The summed E-state index contributed by atoms with van der Waals surface area (Å²) in [5.41, 5.74) is 0.918. The van der Waals surface area contributed by atoms with Crippen LogP contribution in [0.3, 0.4) is 0 Å². The minimum atomic E-state index is 0.526. The second-order valence-corrected chi connectivity index (χ2v) is 2.79. The molecule has 3 heteroatoms. The first-order valence-corrected chi connectivity index (χ1v) is 3.82. The lowest BCUT2D eigenvalue weighted by atomic mass is 11.9. The molecule has 0 saturated carbocycles. The smallest absolute Gasteiger partial charge is 0.168 e. The first-order valence-electron chi connectivity index (χ1n) is 0.896. The van der Waals surface area contributed by atoms with Crippen molar-refractivity contribution in [2.75, 3.05) is 0 Å². The van der Waals surface area contributed by atoms with Gasteiger partial charge in [0.05, 0.1) is 0 Å². The van der Waals surface area contributed by atoms with E-state index in [9.17, 15) is 0 Å². The van der Waals surface area contributed by atoms with E-state index in [1.807, 2.05) is 0 Å². The second kappa shape index (κ2) is 3.72. The van der Waals surface area contributed by atoms with Gasteiger partial charge in [-0.15, -0.1) is 0 Å². The van der Waals surface area contributed by atoms with Gasteiger partial charge in [-0.25, -0.2) is 0 Å². The van der Waals surface area contributed by atoms with Crippen LogP contribution in [0, 0.1) is 0 Å². The highest BCUT2D eigenvalue weighted by molar-refractivity contribution is 6.95. The standard InChI is InChI=1S/CH2ClSi2/c2-4-1-3/h1H2. The van der Waals surface area contributed by atoms with Gasteiger partial charge in [-0.1, -0.05) is 5.67 Å². The third-order valence-corrected chi connectivity index (χ3v) is 1.80. The number of hydrogen-bond donors (Lipinski definition) is 0. The molecule has 0 heterocycles. The Kier molecular flexibility index (Phi) is 4.40. The molecular formula is CH2ClSi2. The van der Waals surface area contributed by atoms with Crippen molar-refractivity contribution in [3.8, 4) is 0 Å². The van der Waals surface area contributed by atoms with Gasteiger partial charge in [-0.3, -0.25) is 0 Å². The normalized spacial score (nSPS) is 7.50. The van der Waals surface area contributed by atoms with Crippen LogP contribution in [0.15, 0.2) is 0 Å². The largest absolute Gasteiger partial charge is 0.172 e. The Morgan fingerprint density at radius 2 is 2.25 bits per heavy atom. The molecule has 0 aliphatic heterocycles. The maximum absolute atomic E-state index is 5.17. The molecule has 0 unspecified atom stereocenters. The van der Waals surface area contributed by atoms with Crippen LogP contribution in [-0.2, 0) is 0 Å². The molecule has 0 spiro atoms. The first kappa shape index (κ1) is 4.72. The summed E-state index contributed by atoms with van der Waals surface area (Å²) in [5.74, 6) is 0. The third kappa shape index (κ3) is 2.72. The molecule has 0 aromatic carbocycles. The Balaban J connectivity index is 1.97. The fourth-order valence-corrected chi connectivity index (χ4v) is 0. The molecule has 0 N–H and O–H groups in total. The Bertz CT molecular complexity index is 8.00. The average molecular weight is 106 g/mol. The summed E-state index contributed by atoms with van der Waals surface area (Å²) in [6.45, 7) is 0. The molecule has 0 aliphatic rings. The van der Waals surface area contributed by atoms with Gasteiger partial charge in [0.2, 0.25) is 0 Å². The molecule has 5 radical (unpaired) electrons. The second-order valence-electron chi connectivity index (χ2n) is 0.310. The summed E-state index contributed by atoms with van der Waals surface area (Å²) < 4.78 is 0. The van der Waals surface area contributed by atoms with E-state index in [1.54, 1.807) is 0 Å². The van der Waals surface area contributed by atoms with E-state index in [1.165, 1.54) is 0 Å². The SMILES string of the molecule is [Si]C[Si]Cl. The quantitative estimate of drug-likeness (QED) is 0.334. The highest BCUT2D eigenvalue weighted by Crippen LogP contribution is 1.67. The minimum absolute atomic E-state index is 0.526. The van der Waals surface area contributed by atoms with Crippen LogP contribution in [0.1, 0.15) is 0 Å². The summed E-state index contributed by atoms with van der Waals surface area (Å²) in [7, 11) is 3.69. The third-order valence-electron chi connectivity index (χ3n) is 0.0668. The molecule has 0 amide bonds. The molecule has 0 saturated heterocycles. The van der Waals surface area contributed by atoms with E-state index in [2.05, 4.69) is 10.2 Å². The van der Waals surface area contributed by atoms with Crippen LogP contribution in [0.25, 0.3) is 0 Å². The van der Waals surface area contributed by atoms with E-state index >= 15 is 0 Å². The van der Waals surface area contributed by atoms with Gasteiger partial charge in [0, 0.05) is 10.2 Å². The van der Waals surface area contributed by atoms with Crippen molar-refractivity contribution >= 4 is 30.2 Å². The van der Waals surface area contributed by atoms with E-state index in [0.29, 0.717) is 8.83 Å². The van der Waals surface area contributed by atoms with E-state index in [4.69, 9.17) is 11.1 Å². The molecule has 0 aromatic rings. The van der Waals surface area contributed by atoms with Crippen molar-refractivity contribution in [3.05, 3.63) is 0 Å². The Labute approximate surface area is 36.5 Å². The molecular weight excluding hydrogens is 104 g/mol. The van der Waals surface area contributed by atoms with Gasteiger partial charge in [-0.2, -0.15) is 11.1 Å². The average Bonchev–Trinajstić information content (AvgIpc) is 1.37. The molecule has 0 aromatic heterocycles. The molecule has 0 aliphatic carbocycles. The van der Waals surface area contributed by atoms with E-state index < -0.39 is 0 Å². The summed E-state index contributed by atoms with van der Waals surface area (Å²) in [4.78, 5) is 0. The van der Waals surface area contributed by atoms with Gasteiger partial charge in [-0.05, 0) is 0 Å². The van der Waals surface area contributed by atoms with Crippen LogP contribution in [0.2, 0.25) is 5.67 Å². The van der Waals surface area contributed by atoms with Crippen LogP contribution >= 0.6 is 11.1 Å². The van der Waals surface area contributed by atoms with Crippen molar-refractivity contribution in [1.29, 1.82) is 0 Å². The summed E-state index contributed by atoms with van der Waals surface area (Å²) >= 11 is 5.17. The predicted octanol–water partition coefficient (Wildman–Crippen LogP) is 0.389. The lowest BCUT2D eigenvalue weighted by molar-refractivity contribution is 2.12. The van der Waals surface area contributed by atoms with Crippen molar-refractivity contribution in [1.82, 2.24) is 0 Å². The number of rotatable bonds is 1. The zero-order chi connectivity index (χ0) is 3.41. The molecule has 0 atom stereocenters. The van der Waals surface area contributed by atoms with Gasteiger partial charge >= 0.3 is 0 Å². The Morgan fingerprint density at radius 3 is 2.25 bits per heavy atom. The molecule has 0 nitrogen and oxygen atoms in total. The molecule has 0 rings (SSSR count). The van der Waals surface area contributed by atoms with Crippen molar-refractivity contribution in [2.45, 2.75) is 5.67 Å². The van der Waals surface area contributed by atoms with Gasteiger partial charge in [0.15, 0.2) is 8.83 Å². The zero-order valence-electron chi connectivity index (χ0n) is 2.09. The lowest BCUT2D eigenvalue weighted by Gasteiger charge is -1.60. The van der Waals surface area contributed by atoms with Crippen molar-refractivity contribution < 1.29 is 0 Å². The summed E-state index contributed by atoms with van der Waals surface area (Å²) in [6.07, 6.45) is 0. The maximum atomic E-state index is 5.17. The van der Waals surface area contributed by atoms with Gasteiger partial charge < -0.3 is 0 Å². The highest BCUT2D eigenvalue weighted by atomic mass is 35.6. The van der Waals surface area contributed by atoms with Gasteiger partial charge in [0.1, 0.15) is 0 Å². The Morgan fingerprint density at radius 1 is 2.00 bits per heavy atom. The maximum Gasteiger partial charge on any atom is 0.168 e. The monoisotopic (exact) mass is 105 g/mol. The Hall–Kier alpha value is 0.724. The number of halogens is 1.